The molecule has 0 aliphatic carbocycles. The number of para-hydroxylation sites is 1. The predicted molar refractivity (Wildman–Crippen MR) is 108 cm³/mol. The van der Waals surface area contributed by atoms with E-state index in [0.717, 1.165) is 22.5 Å². The molecule has 1 aliphatic heterocycles. The number of aromatic nitrogens is 3. The lowest BCUT2D eigenvalue weighted by Crippen LogP contribution is -2.59. The van der Waals surface area contributed by atoms with Gasteiger partial charge in [0.2, 0.25) is 5.91 Å². The number of anilines is 1. The normalized spacial score (nSPS) is 15.2. The first-order valence-electron chi connectivity index (χ1n) is 9.07. The maximum absolute atomic E-state index is 13.2. The summed E-state index contributed by atoms with van der Waals surface area (Å²) >= 11 is 2.89. The topological polar surface area (TPSA) is 73.0 Å². The van der Waals surface area contributed by atoms with E-state index in [1.54, 1.807) is 20.9 Å². The summed E-state index contributed by atoms with van der Waals surface area (Å²) in [6.07, 6.45) is 2.52. The van der Waals surface area contributed by atoms with E-state index in [1.165, 1.54) is 11.8 Å². The van der Waals surface area contributed by atoms with Gasteiger partial charge in [-0.2, -0.15) is 0 Å². The zero-order valence-corrected chi connectivity index (χ0v) is 17.5. The van der Waals surface area contributed by atoms with Crippen molar-refractivity contribution in [3.8, 4) is 17.1 Å². The van der Waals surface area contributed by atoms with E-state index in [9.17, 15) is 9.90 Å². The van der Waals surface area contributed by atoms with Crippen molar-refractivity contribution in [1.29, 1.82) is 0 Å². The average molecular weight is 413 g/mol. The average Bonchev–Trinajstić information content (AvgIpc) is 3.12. The second-order valence-electron chi connectivity index (χ2n) is 6.57. The van der Waals surface area contributed by atoms with Gasteiger partial charge in [0.1, 0.15) is 4.88 Å². The molecule has 144 valence electrons. The molecule has 0 N–H and O–H groups in total. The third-order valence-electron chi connectivity index (χ3n) is 4.77. The van der Waals surface area contributed by atoms with Gasteiger partial charge in [0.15, 0.2) is 0 Å². The molecule has 0 bridgehead atoms. The van der Waals surface area contributed by atoms with Gasteiger partial charge < -0.3 is 5.11 Å². The molecule has 1 aromatic carbocycles. The molecule has 0 fully saturated rings. The van der Waals surface area contributed by atoms with Crippen LogP contribution in [0, 0.1) is 6.92 Å². The minimum absolute atomic E-state index is 0.0164. The molecule has 6 nitrogen and oxygen atoms in total. The largest absolute Gasteiger partial charge is 0.854 e. The maximum atomic E-state index is 13.2. The van der Waals surface area contributed by atoms with Crippen LogP contribution in [0.2, 0.25) is 0 Å². The number of carbonyl (C=O) groups excluding carboxylic acids is 1. The molecule has 4 rings (SSSR count). The number of fused-ring (bicyclic) bond motifs is 3. The fraction of sp³-hybridized carbons (Fsp3) is 0.300. The highest BCUT2D eigenvalue weighted by atomic mass is 32.2. The molecule has 0 saturated heterocycles. The van der Waals surface area contributed by atoms with Gasteiger partial charge in [0.05, 0.1) is 17.1 Å². The van der Waals surface area contributed by atoms with Crippen molar-refractivity contribution in [2.24, 2.45) is 0 Å². The molecule has 0 radical (unpaired) electrons. The van der Waals surface area contributed by atoms with Crippen molar-refractivity contribution >= 4 is 34.7 Å². The van der Waals surface area contributed by atoms with Crippen LogP contribution in [0.1, 0.15) is 36.4 Å². The van der Waals surface area contributed by atoms with Gasteiger partial charge in [-0.1, -0.05) is 35.5 Å². The number of hydrogen-bond acceptors (Lipinski definition) is 6. The summed E-state index contributed by atoms with van der Waals surface area (Å²) in [5.41, 5.74) is 2.91. The van der Waals surface area contributed by atoms with Gasteiger partial charge in [-0.05, 0) is 48.7 Å². The Labute approximate surface area is 171 Å². The van der Waals surface area contributed by atoms with Crippen LogP contribution >= 0.6 is 23.1 Å². The van der Waals surface area contributed by atoms with Crippen LogP contribution in [0.5, 0.6) is 5.88 Å². The lowest BCUT2D eigenvalue weighted by atomic mass is 10.0. The fourth-order valence-corrected chi connectivity index (χ4v) is 4.86. The van der Waals surface area contributed by atoms with Crippen LogP contribution < -0.4 is 14.7 Å². The summed E-state index contributed by atoms with van der Waals surface area (Å²) in [6.45, 7) is 4.01. The first-order chi connectivity index (χ1) is 13.6. The number of thiophene rings is 1. The standard InChI is InChI=1S/C20H20N4O2S2/c1-4-7-15(25)23-14-9-6-5-8-13(14)16-18(26)21-20(27-3)22-24(16)19(23)17-12(2)10-11-28-17/h5-6,8-11,19H,4,7H2,1-3H3. The molecule has 1 unspecified atom stereocenters. The molecule has 28 heavy (non-hydrogen) atoms. The highest BCUT2D eigenvalue weighted by Gasteiger charge is 2.45. The number of aryl methyl sites for hydroxylation is 1. The van der Waals surface area contributed by atoms with E-state index >= 15 is 0 Å². The molecular weight excluding hydrogens is 392 g/mol. The third kappa shape index (κ3) is 2.97. The van der Waals surface area contributed by atoms with Gasteiger partial charge in [0.25, 0.3) is 10.9 Å². The summed E-state index contributed by atoms with van der Waals surface area (Å²) in [7, 11) is 0. The zero-order valence-electron chi connectivity index (χ0n) is 15.9. The van der Waals surface area contributed by atoms with Crippen LogP contribution in [0.3, 0.4) is 0 Å². The molecule has 2 aromatic heterocycles. The lowest BCUT2D eigenvalue weighted by molar-refractivity contribution is -0.763. The minimum Gasteiger partial charge on any atom is -0.854 e. The number of benzene rings is 1. The van der Waals surface area contributed by atoms with E-state index < -0.39 is 6.17 Å². The van der Waals surface area contributed by atoms with E-state index in [4.69, 9.17) is 0 Å². The van der Waals surface area contributed by atoms with Gasteiger partial charge >= 0.3 is 6.17 Å². The van der Waals surface area contributed by atoms with Crippen LogP contribution in [0.15, 0.2) is 40.9 Å². The number of carbonyl (C=O) groups is 1. The summed E-state index contributed by atoms with van der Waals surface area (Å²) in [5.74, 6) is -0.309. The highest BCUT2D eigenvalue weighted by Crippen LogP contribution is 2.42. The number of thioether (sulfide) groups is 1. The summed E-state index contributed by atoms with van der Waals surface area (Å²) in [5, 5.41) is 20.0. The first-order valence-corrected chi connectivity index (χ1v) is 11.2. The summed E-state index contributed by atoms with van der Waals surface area (Å²) < 4.78 is 1.69. The molecule has 1 atom stereocenters. The Morgan fingerprint density at radius 2 is 2.14 bits per heavy atom. The molecule has 1 aliphatic rings. The van der Waals surface area contributed by atoms with Crippen LogP contribution in [-0.4, -0.2) is 22.2 Å². The Kier molecular flexibility index (Phi) is 5.07. The van der Waals surface area contributed by atoms with E-state index in [2.05, 4.69) is 10.1 Å². The number of hydrogen-bond donors (Lipinski definition) is 0. The van der Waals surface area contributed by atoms with Crippen LogP contribution in [0.4, 0.5) is 5.69 Å². The van der Waals surface area contributed by atoms with E-state index in [-0.39, 0.29) is 11.8 Å². The molecule has 1 amide bonds. The van der Waals surface area contributed by atoms with Crippen molar-refractivity contribution in [2.45, 2.75) is 38.0 Å². The minimum atomic E-state index is -0.495. The third-order valence-corrected chi connectivity index (χ3v) is 6.37. The van der Waals surface area contributed by atoms with Crippen molar-refractivity contribution < 1.29 is 14.6 Å². The van der Waals surface area contributed by atoms with Gasteiger partial charge in [0, 0.05) is 11.5 Å². The Bertz CT molecular complexity index is 1050. The summed E-state index contributed by atoms with van der Waals surface area (Å²) in [4.78, 5) is 20.1. The number of amides is 1. The molecule has 8 heteroatoms. The van der Waals surface area contributed by atoms with Gasteiger partial charge in [-0.3, -0.25) is 4.79 Å². The zero-order chi connectivity index (χ0) is 19.8. The van der Waals surface area contributed by atoms with Crippen LogP contribution in [-0.2, 0) is 4.79 Å². The fourth-order valence-electron chi connectivity index (χ4n) is 3.51. The second-order valence-corrected chi connectivity index (χ2v) is 8.29. The first kappa shape index (κ1) is 18.9. The van der Waals surface area contributed by atoms with Crippen molar-refractivity contribution in [3.63, 3.8) is 0 Å². The van der Waals surface area contributed by atoms with Crippen molar-refractivity contribution in [3.05, 3.63) is 46.2 Å². The predicted octanol–water partition coefficient (Wildman–Crippen LogP) is 3.29. The van der Waals surface area contributed by atoms with Crippen molar-refractivity contribution in [1.82, 2.24) is 10.1 Å². The SMILES string of the molecule is CCCC(=O)N1c2ccccc2-c2c([O-])nc(SC)n[n+]2C1c1sccc1C. The smallest absolute Gasteiger partial charge is 0.302 e. The highest BCUT2D eigenvalue weighted by molar-refractivity contribution is 7.98. The Hall–Kier alpha value is -2.45. The summed E-state index contributed by atoms with van der Waals surface area (Å²) in [6, 6.07) is 9.53. The van der Waals surface area contributed by atoms with Gasteiger partial charge in [-0.25, -0.2) is 9.88 Å². The molecule has 0 saturated carbocycles. The maximum Gasteiger partial charge on any atom is 0.302 e. The molecular formula is C20H20N4O2S2. The van der Waals surface area contributed by atoms with Gasteiger partial charge in [-0.15, -0.1) is 11.3 Å². The monoisotopic (exact) mass is 412 g/mol. The lowest BCUT2D eigenvalue weighted by Gasteiger charge is -2.33. The van der Waals surface area contributed by atoms with E-state index in [1.807, 2.05) is 55.8 Å². The van der Waals surface area contributed by atoms with Crippen molar-refractivity contribution in [2.75, 3.05) is 11.2 Å². The van der Waals surface area contributed by atoms with E-state index in [0.29, 0.717) is 22.8 Å². The quantitative estimate of drug-likeness (QED) is 0.486. The molecule has 3 aromatic rings. The van der Waals surface area contributed by atoms with Crippen LogP contribution in [0.25, 0.3) is 11.3 Å². The molecule has 3 heterocycles. The Morgan fingerprint density at radius 1 is 1.36 bits per heavy atom. The Morgan fingerprint density at radius 3 is 2.82 bits per heavy atom. The second kappa shape index (κ2) is 7.52. The number of rotatable bonds is 4. The number of nitrogens with zero attached hydrogens (tertiary/aromatic N) is 4. The molecule has 0 spiro atoms. The Balaban J connectivity index is 2.06.